The molecule has 140 valence electrons. The minimum absolute atomic E-state index is 0.0939. The van der Waals surface area contributed by atoms with Crippen molar-refractivity contribution in [3.63, 3.8) is 0 Å². The first kappa shape index (κ1) is 19.1. The Morgan fingerprint density at radius 3 is 2.70 bits per heavy atom. The van der Waals surface area contributed by atoms with Crippen molar-refractivity contribution in [1.82, 2.24) is 9.88 Å². The molecular formula is C19H16F3N3OS. The van der Waals surface area contributed by atoms with Crippen molar-refractivity contribution in [2.45, 2.75) is 6.54 Å². The summed E-state index contributed by atoms with van der Waals surface area (Å²) in [7, 11) is 1.75. The van der Waals surface area contributed by atoms with Gasteiger partial charge in [0.1, 0.15) is 5.82 Å². The van der Waals surface area contributed by atoms with E-state index in [1.165, 1.54) is 29.5 Å². The molecule has 2 aromatic carbocycles. The van der Waals surface area contributed by atoms with E-state index < -0.39 is 11.6 Å². The number of nitrogens with one attached hydrogen (secondary N) is 1. The number of benzene rings is 2. The number of hydrogen-bond donors (Lipinski definition) is 1. The second kappa shape index (κ2) is 8.32. The van der Waals surface area contributed by atoms with Gasteiger partial charge >= 0.3 is 0 Å². The molecular weight excluding hydrogens is 375 g/mol. The lowest BCUT2D eigenvalue weighted by Crippen LogP contribution is -2.29. The zero-order chi connectivity index (χ0) is 19.4. The Bertz CT molecular complexity index is 961. The molecule has 4 nitrogen and oxygen atoms in total. The number of thiazole rings is 1. The van der Waals surface area contributed by atoms with E-state index in [2.05, 4.69) is 10.3 Å². The summed E-state index contributed by atoms with van der Waals surface area (Å²) in [4.78, 5) is 18.1. The molecule has 0 fully saturated rings. The monoisotopic (exact) mass is 391 g/mol. The largest absolute Gasteiger partial charge is 0.301 e. The van der Waals surface area contributed by atoms with Crippen molar-refractivity contribution in [2.24, 2.45) is 0 Å². The van der Waals surface area contributed by atoms with Crippen LogP contribution >= 0.6 is 11.3 Å². The number of nitrogens with zero attached hydrogens (tertiary/aromatic N) is 2. The molecule has 0 saturated heterocycles. The van der Waals surface area contributed by atoms with Crippen LogP contribution in [0.25, 0.3) is 11.3 Å². The van der Waals surface area contributed by atoms with Gasteiger partial charge in [-0.2, -0.15) is 0 Å². The molecule has 1 amide bonds. The first-order valence-corrected chi connectivity index (χ1v) is 8.92. The summed E-state index contributed by atoms with van der Waals surface area (Å²) >= 11 is 1.19. The Morgan fingerprint density at radius 1 is 1.15 bits per heavy atom. The summed E-state index contributed by atoms with van der Waals surface area (Å²) in [5.41, 5.74) is 1.64. The number of hydrogen-bond acceptors (Lipinski definition) is 4. The van der Waals surface area contributed by atoms with Crippen LogP contribution in [0.4, 0.5) is 18.3 Å². The van der Waals surface area contributed by atoms with Crippen molar-refractivity contribution in [3.8, 4) is 11.3 Å². The second-order valence-corrected chi connectivity index (χ2v) is 6.88. The van der Waals surface area contributed by atoms with Gasteiger partial charge in [0.15, 0.2) is 16.8 Å². The smallest absolute Gasteiger partial charge is 0.240 e. The van der Waals surface area contributed by atoms with E-state index in [1.54, 1.807) is 29.5 Å². The Balaban J connectivity index is 1.58. The van der Waals surface area contributed by atoms with Crippen molar-refractivity contribution < 1.29 is 18.0 Å². The molecule has 0 aliphatic rings. The maximum atomic E-state index is 13.3. The van der Waals surface area contributed by atoms with Crippen molar-refractivity contribution in [3.05, 3.63) is 70.9 Å². The maximum absolute atomic E-state index is 13.3. The fraction of sp³-hybridized carbons (Fsp3) is 0.158. The molecule has 3 rings (SSSR count). The molecule has 1 aromatic heterocycles. The van der Waals surface area contributed by atoms with Crippen molar-refractivity contribution in [1.29, 1.82) is 0 Å². The summed E-state index contributed by atoms with van der Waals surface area (Å²) in [5, 5.41) is 4.68. The van der Waals surface area contributed by atoms with Crippen LogP contribution in [0.1, 0.15) is 5.56 Å². The van der Waals surface area contributed by atoms with E-state index in [1.807, 2.05) is 0 Å². The number of amides is 1. The van der Waals surface area contributed by atoms with Crippen LogP contribution in [0, 0.1) is 17.5 Å². The van der Waals surface area contributed by atoms with Crippen molar-refractivity contribution in [2.75, 3.05) is 18.9 Å². The Morgan fingerprint density at radius 2 is 1.96 bits per heavy atom. The van der Waals surface area contributed by atoms with Crippen LogP contribution < -0.4 is 5.32 Å². The summed E-state index contributed by atoms with van der Waals surface area (Å²) in [6.07, 6.45) is 0. The van der Waals surface area contributed by atoms with E-state index in [0.29, 0.717) is 22.9 Å². The molecule has 1 heterocycles. The van der Waals surface area contributed by atoms with Gasteiger partial charge in [-0.05, 0) is 42.9 Å². The predicted octanol–water partition coefficient (Wildman–Crippen LogP) is 4.30. The topological polar surface area (TPSA) is 45.2 Å². The van der Waals surface area contributed by atoms with Gasteiger partial charge in [0.2, 0.25) is 5.91 Å². The number of aromatic nitrogens is 1. The lowest BCUT2D eigenvalue weighted by molar-refractivity contribution is -0.117. The molecule has 0 unspecified atom stereocenters. The highest BCUT2D eigenvalue weighted by atomic mass is 32.1. The van der Waals surface area contributed by atoms with Crippen LogP contribution in [-0.2, 0) is 11.3 Å². The van der Waals surface area contributed by atoms with Gasteiger partial charge in [0.05, 0.1) is 12.2 Å². The molecule has 0 radical (unpaired) electrons. The quantitative estimate of drug-likeness (QED) is 0.682. The zero-order valence-corrected chi connectivity index (χ0v) is 15.2. The standard InChI is InChI=1S/C19H16F3N3OS/c1-25(9-12-3-2-4-14(20)7-12)10-18(26)24-19-23-17(11-27-19)13-5-6-15(21)16(22)8-13/h2-8,11H,9-10H2,1H3,(H,23,24,26). The first-order valence-electron chi connectivity index (χ1n) is 8.04. The molecule has 3 aromatic rings. The van der Waals surface area contributed by atoms with Gasteiger partial charge in [-0.3, -0.25) is 9.69 Å². The molecule has 8 heteroatoms. The Labute approximate surface area is 158 Å². The fourth-order valence-electron chi connectivity index (χ4n) is 2.53. The Kier molecular flexibility index (Phi) is 5.88. The molecule has 27 heavy (non-hydrogen) atoms. The Hall–Kier alpha value is -2.71. The normalized spacial score (nSPS) is 11.0. The summed E-state index contributed by atoms with van der Waals surface area (Å²) in [5.74, 6) is -2.48. The molecule has 0 aliphatic heterocycles. The highest BCUT2D eigenvalue weighted by Gasteiger charge is 2.12. The lowest BCUT2D eigenvalue weighted by atomic mass is 10.2. The van der Waals surface area contributed by atoms with E-state index >= 15 is 0 Å². The van der Waals surface area contributed by atoms with E-state index in [4.69, 9.17) is 0 Å². The number of carbonyl (C=O) groups excluding carboxylic acids is 1. The van der Waals surface area contributed by atoms with E-state index in [-0.39, 0.29) is 18.3 Å². The average Bonchev–Trinajstić information content (AvgIpc) is 3.05. The molecule has 0 spiro atoms. The third-order valence-corrected chi connectivity index (χ3v) is 4.48. The van der Waals surface area contributed by atoms with Crippen LogP contribution in [0.5, 0.6) is 0 Å². The van der Waals surface area contributed by atoms with Crippen LogP contribution in [0.3, 0.4) is 0 Å². The molecule has 0 bridgehead atoms. The van der Waals surface area contributed by atoms with Crippen molar-refractivity contribution >= 4 is 22.4 Å². The van der Waals surface area contributed by atoms with Crippen LogP contribution in [-0.4, -0.2) is 29.4 Å². The third kappa shape index (κ3) is 5.15. The number of halogens is 3. The van der Waals surface area contributed by atoms with Gasteiger partial charge in [0, 0.05) is 17.5 Å². The number of carbonyl (C=O) groups is 1. The van der Waals surface area contributed by atoms with E-state index in [0.717, 1.165) is 17.7 Å². The molecule has 0 saturated carbocycles. The minimum atomic E-state index is -0.954. The highest BCUT2D eigenvalue weighted by molar-refractivity contribution is 7.14. The zero-order valence-electron chi connectivity index (χ0n) is 14.4. The third-order valence-electron chi connectivity index (χ3n) is 3.72. The predicted molar refractivity (Wildman–Crippen MR) is 98.8 cm³/mol. The van der Waals surface area contributed by atoms with E-state index in [9.17, 15) is 18.0 Å². The van der Waals surface area contributed by atoms with Gasteiger partial charge in [-0.1, -0.05) is 12.1 Å². The SMILES string of the molecule is CN(CC(=O)Nc1nc(-c2ccc(F)c(F)c2)cs1)Cc1cccc(F)c1. The summed E-state index contributed by atoms with van der Waals surface area (Å²) < 4.78 is 39.6. The molecule has 0 aliphatic carbocycles. The number of likely N-dealkylation sites (N-methyl/N-ethyl adjacent to an activating group) is 1. The summed E-state index contributed by atoms with van der Waals surface area (Å²) in [6, 6.07) is 9.70. The van der Waals surface area contributed by atoms with Gasteiger partial charge in [0.25, 0.3) is 0 Å². The fourth-order valence-corrected chi connectivity index (χ4v) is 3.26. The van der Waals surface area contributed by atoms with Crippen LogP contribution in [0.15, 0.2) is 47.8 Å². The highest BCUT2D eigenvalue weighted by Crippen LogP contribution is 2.26. The van der Waals surface area contributed by atoms with Crippen LogP contribution in [0.2, 0.25) is 0 Å². The molecule has 0 atom stereocenters. The summed E-state index contributed by atoms with van der Waals surface area (Å²) in [6.45, 7) is 0.514. The maximum Gasteiger partial charge on any atom is 0.240 e. The molecule has 1 N–H and O–H groups in total. The lowest BCUT2D eigenvalue weighted by Gasteiger charge is -2.15. The van der Waals surface area contributed by atoms with Gasteiger partial charge in [-0.15, -0.1) is 11.3 Å². The second-order valence-electron chi connectivity index (χ2n) is 6.02. The van der Waals surface area contributed by atoms with Gasteiger partial charge in [-0.25, -0.2) is 18.2 Å². The minimum Gasteiger partial charge on any atom is -0.301 e. The van der Waals surface area contributed by atoms with Gasteiger partial charge < -0.3 is 5.32 Å². The number of anilines is 1. The first-order chi connectivity index (χ1) is 12.9. The average molecular weight is 391 g/mol. The number of rotatable bonds is 6.